The molecule has 7 nitrogen and oxygen atoms in total. The highest BCUT2D eigenvalue weighted by Crippen LogP contribution is 2.22. The van der Waals surface area contributed by atoms with Gasteiger partial charge in [-0.3, -0.25) is 9.69 Å². The van der Waals surface area contributed by atoms with Crippen molar-refractivity contribution >= 4 is 0 Å². The first-order valence-corrected chi connectivity index (χ1v) is 11.0. The van der Waals surface area contributed by atoms with Gasteiger partial charge >= 0.3 is 0 Å². The maximum atomic E-state index is 11.6. The lowest BCUT2D eigenvalue weighted by Gasteiger charge is -2.26. The lowest BCUT2D eigenvalue weighted by molar-refractivity contribution is 0.0342. The second kappa shape index (κ2) is 10.9. The van der Waals surface area contributed by atoms with Crippen molar-refractivity contribution in [3.63, 3.8) is 0 Å². The van der Waals surface area contributed by atoms with Crippen LogP contribution in [0.5, 0.6) is 5.75 Å². The fourth-order valence-corrected chi connectivity index (χ4v) is 3.79. The molecule has 7 heteroatoms. The molecular weight excluding hydrogens is 418 g/mol. The monoisotopic (exact) mass is 445 g/mol. The number of benzene rings is 2. The molecular formula is C26H27N3O4. The molecule has 0 spiro atoms. The number of aromatic nitrogens is 2. The summed E-state index contributed by atoms with van der Waals surface area (Å²) in [6.45, 7) is 4.33. The van der Waals surface area contributed by atoms with E-state index in [1.807, 2.05) is 36.4 Å². The minimum atomic E-state index is -0.587. The van der Waals surface area contributed by atoms with Gasteiger partial charge in [0.25, 0.3) is 5.56 Å². The third-order valence-corrected chi connectivity index (χ3v) is 5.76. The average Bonchev–Trinajstić information content (AvgIpc) is 2.86. The van der Waals surface area contributed by atoms with Crippen LogP contribution in [-0.4, -0.2) is 58.0 Å². The number of aliphatic hydroxyl groups is 1. The number of morpholine rings is 1. The number of ether oxygens (including phenoxy) is 1. The summed E-state index contributed by atoms with van der Waals surface area (Å²) in [5, 5.41) is 19.7. The Morgan fingerprint density at radius 2 is 1.67 bits per heavy atom. The third kappa shape index (κ3) is 6.08. The van der Waals surface area contributed by atoms with Crippen molar-refractivity contribution in [2.75, 3.05) is 32.9 Å². The number of hydrogen-bond donors (Lipinski definition) is 3. The molecule has 0 bridgehead atoms. The Labute approximate surface area is 192 Å². The van der Waals surface area contributed by atoms with Gasteiger partial charge in [0.1, 0.15) is 0 Å². The van der Waals surface area contributed by atoms with Crippen molar-refractivity contribution in [3.05, 3.63) is 93.2 Å². The number of nitrogens with one attached hydrogen (secondary N) is 1. The SMILES string of the molecule is O=c1[nH]cnc(C[C@@H](CO)c2ccc(C#Cc3ccc(CN4CCOCC4)cc3)cc2)c1O. The van der Waals surface area contributed by atoms with E-state index in [1.165, 1.54) is 11.9 Å². The molecule has 0 amide bonds. The van der Waals surface area contributed by atoms with Crippen LogP contribution in [0.1, 0.15) is 33.9 Å². The number of rotatable bonds is 6. The summed E-state index contributed by atoms with van der Waals surface area (Å²) in [7, 11) is 0. The standard InChI is InChI=1S/C26H27N3O4/c30-17-23(15-24-25(31)26(32)28-18-27-24)22-9-7-20(8-10-22)2-1-19-3-5-21(6-4-19)16-29-11-13-33-14-12-29/h3-10,18,23,30-31H,11-17H2,(H,27,28,32)/t23-/m0/s1. The summed E-state index contributed by atoms with van der Waals surface area (Å²) in [5.74, 6) is 5.67. The van der Waals surface area contributed by atoms with Crippen molar-refractivity contribution in [2.45, 2.75) is 18.9 Å². The van der Waals surface area contributed by atoms with Crippen molar-refractivity contribution in [1.29, 1.82) is 0 Å². The van der Waals surface area contributed by atoms with Gasteiger partial charge in [0.05, 0.1) is 31.8 Å². The van der Waals surface area contributed by atoms with E-state index in [0.717, 1.165) is 49.5 Å². The fraction of sp³-hybridized carbons (Fsp3) is 0.308. The molecule has 0 aliphatic carbocycles. The highest BCUT2D eigenvalue weighted by molar-refractivity contribution is 5.44. The van der Waals surface area contributed by atoms with Crippen LogP contribution in [-0.2, 0) is 17.7 Å². The Morgan fingerprint density at radius 3 is 2.30 bits per heavy atom. The van der Waals surface area contributed by atoms with Gasteiger partial charge in [-0.2, -0.15) is 0 Å². The lowest BCUT2D eigenvalue weighted by atomic mass is 9.94. The quantitative estimate of drug-likeness (QED) is 0.502. The second-order valence-electron chi connectivity index (χ2n) is 8.07. The van der Waals surface area contributed by atoms with E-state index in [-0.39, 0.29) is 24.6 Å². The Kier molecular flexibility index (Phi) is 7.53. The first-order valence-electron chi connectivity index (χ1n) is 11.0. The van der Waals surface area contributed by atoms with Crippen LogP contribution >= 0.6 is 0 Å². The van der Waals surface area contributed by atoms with Gasteiger partial charge in [-0.15, -0.1) is 0 Å². The van der Waals surface area contributed by atoms with Crippen LogP contribution in [0.4, 0.5) is 0 Å². The van der Waals surface area contributed by atoms with Crippen molar-refractivity contribution in [3.8, 4) is 17.6 Å². The first-order chi connectivity index (χ1) is 16.1. The van der Waals surface area contributed by atoms with Gasteiger partial charge in [-0.1, -0.05) is 36.1 Å². The number of hydrogen-bond acceptors (Lipinski definition) is 6. The van der Waals surface area contributed by atoms with Crippen LogP contribution in [0.25, 0.3) is 0 Å². The maximum absolute atomic E-state index is 11.6. The molecule has 0 radical (unpaired) electrons. The predicted octanol–water partition coefficient (Wildman–Crippen LogP) is 2.03. The van der Waals surface area contributed by atoms with E-state index in [2.05, 4.69) is 38.8 Å². The van der Waals surface area contributed by atoms with E-state index < -0.39 is 11.3 Å². The van der Waals surface area contributed by atoms with Gasteiger partial charge in [0.2, 0.25) is 5.75 Å². The molecule has 1 fully saturated rings. The number of aliphatic hydroxyl groups excluding tert-OH is 1. The summed E-state index contributed by atoms with van der Waals surface area (Å²) in [4.78, 5) is 20.3. The predicted molar refractivity (Wildman–Crippen MR) is 125 cm³/mol. The minimum absolute atomic E-state index is 0.129. The topological polar surface area (TPSA) is 98.7 Å². The molecule has 1 saturated heterocycles. The molecule has 1 aliphatic rings. The van der Waals surface area contributed by atoms with Crippen LogP contribution in [0.15, 0.2) is 59.7 Å². The minimum Gasteiger partial charge on any atom is -0.502 e. The van der Waals surface area contributed by atoms with Gasteiger partial charge in [0.15, 0.2) is 0 Å². The van der Waals surface area contributed by atoms with Crippen molar-refractivity contribution in [1.82, 2.24) is 14.9 Å². The van der Waals surface area contributed by atoms with E-state index in [9.17, 15) is 15.0 Å². The fourth-order valence-electron chi connectivity index (χ4n) is 3.79. The summed E-state index contributed by atoms with van der Waals surface area (Å²) in [6.07, 6.45) is 1.51. The Bertz CT molecular complexity index is 1170. The molecule has 4 rings (SSSR count). The molecule has 1 atom stereocenters. The van der Waals surface area contributed by atoms with Crippen LogP contribution in [0.2, 0.25) is 0 Å². The van der Waals surface area contributed by atoms with Crippen molar-refractivity contribution in [2.24, 2.45) is 0 Å². The van der Waals surface area contributed by atoms with Crippen molar-refractivity contribution < 1.29 is 14.9 Å². The molecule has 0 saturated carbocycles. The molecule has 3 N–H and O–H groups in total. The van der Waals surface area contributed by atoms with Gasteiger partial charge in [-0.05, 0) is 35.4 Å². The van der Waals surface area contributed by atoms with E-state index in [1.54, 1.807) is 0 Å². The third-order valence-electron chi connectivity index (χ3n) is 5.76. The molecule has 1 aromatic heterocycles. The number of H-pyrrole nitrogens is 1. The summed E-state index contributed by atoms with van der Waals surface area (Å²) in [5.41, 5.74) is 3.65. The highest BCUT2D eigenvalue weighted by Gasteiger charge is 2.16. The van der Waals surface area contributed by atoms with E-state index in [4.69, 9.17) is 4.74 Å². The molecule has 2 heterocycles. The molecule has 1 aliphatic heterocycles. The zero-order valence-electron chi connectivity index (χ0n) is 18.3. The average molecular weight is 446 g/mol. The summed E-state index contributed by atoms with van der Waals surface area (Å²) >= 11 is 0. The Balaban J connectivity index is 1.39. The smallest absolute Gasteiger partial charge is 0.293 e. The number of aromatic amines is 1. The lowest BCUT2D eigenvalue weighted by Crippen LogP contribution is -2.35. The van der Waals surface area contributed by atoms with Gasteiger partial charge in [0, 0.05) is 43.1 Å². The molecule has 3 aromatic rings. The number of aromatic hydroxyl groups is 1. The van der Waals surface area contributed by atoms with Crippen LogP contribution in [0, 0.1) is 11.8 Å². The summed E-state index contributed by atoms with van der Waals surface area (Å²) in [6, 6.07) is 15.9. The van der Waals surface area contributed by atoms with E-state index >= 15 is 0 Å². The molecule has 170 valence electrons. The zero-order valence-corrected chi connectivity index (χ0v) is 18.3. The second-order valence-corrected chi connectivity index (χ2v) is 8.07. The maximum Gasteiger partial charge on any atom is 0.293 e. The Morgan fingerprint density at radius 1 is 1.03 bits per heavy atom. The van der Waals surface area contributed by atoms with Gasteiger partial charge < -0.3 is 19.9 Å². The van der Waals surface area contributed by atoms with Crippen LogP contribution < -0.4 is 5.56 Å². The van der Waals surface area contributed by atoms with E-state index in [0.29, 0.717) is 0 Å². The molecule has 2 aromatic carbocycles. The Hall–Kier alpha value is -3.44. The normalized spacial score (nSPS) is 14.9. The summed E-state index contributed by atoms with van der Waals surface area (Å²) < 4.78 is 5.40. The molecule has 0 unspecified atom stereocenters. The zero-order chi connectivity index (χ0) is 23.0. The first kappa shape index (κ1) is 22.7. The van der Waals surface area contributed by atoms with Crippen LogP contribution in [0.3, 0.4) is 0 Å². The molecule has 33 heavy (non-hydrogen) atoms. The largest absolute Gasteiger partial charge is 0.502 e. The number of nitrogens with zero attached hydrogens (tertiary/aromatic N) is 2. The highest BCUT2D eigenvalue weighted by atomic mass is 16.5. The van der Waals surface area contributed by atoms with Gasteiger partial charge in [-0.25, -0.2) is 4.98 Å².